The van der Waals surface area contributed by atoms with Gasteiger partial charge in [-0.25, -0.2) is 8.78 Å². The molecule has 0 spiro atoms. The number of benzene rings is 1. The molecule has 0 N–H and O–H groups in total. The summed E-state index contributed by atoms with van der Waals surface area (Å²) in [5.41, 5.74) is -0.298. The minimum absolute atomic E-state index is 0.256. The highest BCUT2D eigenvalue weighted by atomic mass is 19.1. The van der Waals surface area contributed by atoms with Crippen molar-refractivity contribution < 1.29 is 8.78 Å². The van der Waals surface area contributed by atoms with Gasteiger partial charge in [-0.15, -0.1) is 0 Å². The zero-order valence-electron chi connectivity index (χ0n) is 18.8. The molecule has 0 aliphatic heterocycles. The molecule has 2 aliphatic carbocycles. The number of rotatable bonds is 6. The number of nitrogens with zero attached hydrogens (tertiary/aromatic N) is 1. The highest BCUT2D eigenvalue weighted by Gasteiger charge is 2.23. The Kier molecular flexibility index (Phi) is 9.14. The van der Waals surface area contributed by atoms with Crippen molar-refractivity contribution in [2.75, 3.05) is 0 Å². The van der Waals surface area contributed by atoms with Crippen molar-refractivity contribution in [3.05, 3.63) is 47.0 Å². The second kappa shape index (κ2) is 12.0. The van der Waals surface area contributed by atoms with Gasteiger partial charge < -0.3 is 0 Å². The van der Waals surface area contributed by atoms with E-state index in [0.717, 1.165) is 29.9 Å². The Bertz CT molecular complexity index is 815. The molecule has 2 aliphatic rings. The first-order chi connectivity index (χ1) is 15.1. The lowest BCUT2D eigenvalue weighted by Crippen LogP contribution is -2.17. The number of halogens is 2. The van der Waals surface area contributed by atoms with E-state index in [2.05, 4.69) is 24.8 Å². The van der Waals surface area contributed by atoms with Gasteiger partial charge >= 0.3 is 0 Å². The van der Waals surface area contributed by atoms with Crippen molar-refractivity contribution >= 4 is 0 Å². The van der Waals surface area contributed by atoms with Crippen molar-refractivity contribution in [3.8, 4) is 17.9 Å². The van der Waals surface area contributed by atoms with Crippen molar-refractivity contribution in [1.29, 1.82) is 5.26 Å². The van der Waals surface area contributed by atoms with E-state index in [-0.39, 0.29) is 5.56 Å². The van der Waals surface area contributed by atoms with E-state index in [4.69, 9.17) is 5.26 Å². The molecule has 0 unspecified atom stereocenters. The Morgan fingerprint density at radius 1 is 0.871 bits per heavy atom. The summed E-state index contributed by atoms with van der Waals surface area (Å²) in [7, 11) is 0. The Morgan fingerprint density at radius 3 is 1.90 bits per heavy atom. The van der Waals surface area contributed by atoms with E-state index >= 15 is 0 Å². The second-order valence-electron chi connectivity index (χ2n) is 9.59. The predicted molar refractivity (Wildman–Crippen MR) is 122 cm³/mol. The molecule has 0 radical (unpaired) electrons. The second-order valence-corrected chi connectivity index (χ2v) is 9.59. The molecule has 0 bridgehead atoms. The van der Waals surface area contributed by atoms with E-state index in [1.165, 1.54) is 83.1 Å². The van der Waals surface area contributed by atoms with Crippen LogP contribution in [0.1, 0.15) is 95.1 Å². The van der Waals surface area contributed by atoms with Crippen LogP contribution in [0.3, 0.4) is 0 Å². The van der Waals surface area contributed by atoms with Crippen LogP contribution in [0.5, 0.6) is 0 Å². The first-order valence-corrected chi connectivity index (χ1v) is 12.2. The van der Waals surface area contributed by atoms with E-state index in [9.17, 15) is 8.78 Å². The first-order valence-electron chi connectivity index (χ1n) is 12.2. The van der Waals surface area contributed by atoms with Crippen LogP contribution >= 0.6 is 0 Å². The average Bonchev–Trinajstić information content (AvgIpc) is 2.77. The molecule has 0 saturated heterocycles. The molecule has 2 saturated carbocycles. The van der Waals surface area contributed by atoms with Crippen LogP contribution in [0.25, 0.3) is 0 Å². The van der Waals surface area contributed by atoms with Gasteiger partial charge in [-0.1, -0.05) is 76.2 Å². The zero-order chi connectivity index (χ0) is 22.1. The maximum atomic E-state index is 13.6. The Hall–Kier alpha value is -2.13. The lowest BCUT2D eigenvalue weighted by Gasteiger charge is -2.31. The third kappa shape index (κ3) is 7.21. The van der Waals surface area contributed by atoms with Crippen LogP contribution in [-0.2, 0) is 0 Å². The van der Waals surface area contributed by atoms with Crippen molar-refractivity contribution in [3.63, 3.8) is 0 Å². The minimum Gasteiger partial charge on any atom is -0.205 e. The maximum absolute atomic E-state index is 13.6. The van der Waals surface area contributed by atoms with Gasteiger partial charge in [0.05, 0.1) is 0 Å². The number of hydrogen-bond acceptors (Lipinski definition) is 1. The fourth-order valence-electron chi connectivity index (χ4n) is 5.42. The van der Waals surface area contributed by atoms with E-state index in [1.54, 1.807) is 0 Å². The molecule has 0 amide bonds. The molecule has 1 aromatic rings. The molecule has 31 heavy (non-hydrogen) atoms. The van der Waals surface area contributed by atoms with Crippen molar-refractivity contribution in [1.82, 2.24) is 0 Å². The summed E-state index contributed by atoms with van der Waals surface area (Å²) in [6, 6.07) is 3.76. The molecule has 0 aromatic heterocycles. The van der Waals surface area contributed by atoms with Gasteiger partial charge in [0.25, 0.3) is 0 Å². The summed E-state index contributed by atoms with van der Waals surface area (Å²) in [5, 5.41) is 8.72. The Balaban J connectivity index is 1.37. The summed E-state index contributed by atoms with van der Waals surface area (Å²) in [6.45, 7) is 2.31. The lowest BCUT2D eigenvalue weighted by atomic mass is 9.75. The van der Waals surface area contributed by atoms with Crippen LogP contribution in [0, 0.1) is 58.5 Å². The number of allylic oxidation sites excluding steroid dienone is 2. The normalized spacial score (nSPS) is 26.3. The maximum Gasteiger partial charge on any atom is 0.145 e. The predicted octanol–water partition coefficient (Wildman–Crippen LogP) is 7.94. The van der Waals surface area contributed by atoms with Gasteiger partial charge in [0, 0.05) is 5.56 Å². The van der Waals surface area contributed by atoms with Crippen LogP contribution in [0.4, 0.5) is 8.78 Å². The minimum atomic E-state index is -0.858. The quantitative estimate of drug-likeness (QED) is 0.426. The Morgan fingerprint density at radius 2 is 1.39 bits per heavy atom. The standard InChI is InChI=1S/C28H35F2N/c1-2-5-21-8-12-23(13-9-21)16-17-24-14-10-22(11-15-24)6-3-4-7-25-18-27(29)26(20-31)28(30)19-25/h3,6,18-19,21-24H,2,5,8-17H2,1H3/b6-3+/t21-,22?,23-,24?. The molecule has 3 rings (SSSR count). The summed E-state index contributed by atoms with van der Waals surface area (Å²) >= 11 is 0. The summed E-state index contributed by atoms with van der Waals surface area (Å²) in [4.78, 5) is 0. The van der Waals surface area contributed by atoms with Crippen molar-refractivity contribution in [2.24, 2.45) is 23.7 Å². The molecular formula is C28H35F2N. The average molecular weight is 424 g/mol. The first kappa shape index (κ1) is 23.5. The molecule has 0 heterocycles. The number of nitriles is 1. The summed E-state index contributed by atoms with van der Waals surface area (Å²) in [5.74, 6) is 7.35. The fourth-order valence-corrected chi connectivity index (χ4v) is 5.42. The van der Waals surface area contributed by atoms with Crippen molar-refractivity contribution in [2.45, 2.75) is 84.0 Å². The van der Waals surface area contributed by atoms with Gasteiger partial charge in [0.1, 0.15) is 23.3 Å². The van der Waals surface area contributed by atoms with Gasteiger partial charge in [-0.2, -0.15) is 5.26 Å². The van der Waals surface area contributed by atoms with E-state index in [1.807, 2.05) is 6.08 Å². The SMILES string of the molecule is CCC[C@H]1CC[C@H](CCC2CCC(/C=C/C#Cc3cc(F)c(C#N)c(F)c3)CC2)CC1. The molecular weight excluding hydrogens is 388 g/mol. The van der Waals surface area contributed by atoms with Gasteiger partial charge in [0.2, 0.25) is 0 Å². The number of hydrogen-bond donors (Lipinski definition) is 0. The molecule has 3 heteroatoms. The van der Waals surface area contributed by atoms with E-state index in [0.29, 0.717) is 5.92 Å². The zero-order valence-corrected chi connectivity index (χ0v) is 18.8. The smallest absolute Gasteiger partial charge is 0.145 e. The highest BCUT2D eigenvalue weighted by Crippen LogP contribution is 2.37. The topological polar surface area (TPSA) is 23.8 Å². The largest absolute Gasteiger partial charge is 0.205 e. The molecule has 1 aromatic carbocycles. The lowest BCUT2D eigenvalue weighted by molar-refractivity contribution is 0.221. The highest BCUT2D eigenvalue weighted by molar-refractivity contribution is 5.43. The van der Waals surface area contributed by atoms with Gasteiger partial charge in [-0.05, 0) is 67.6 Å². The van der Waals surface area contributed by atoms with Crippen LogP contribution in [-0.4, -0.2) is 0 Å². The van der Waals surface area contributed by atoms with Crippen LogP contribution in [0.15, 0.2) is 24.3 Å². The third-order valence-corrected chi connectivity index (χ3v) is 7.36. The molecule has 1 nitrogen and oxygen atoms in total. The fraction of sp³-hybridized carbons (Fsp3) is 0.607. The van der Waals surface area contributed by atoms with Gasteiger partial charge in [0.15, 0.2) is 0 Å². The molecule has 2 fully saturated rings. The van der Waals surface area contributed by atoms with Crippen LogP contribution in [0.2, 0.25) is 0 Å². The van der Waals surface area contributed by atoms with Crippen LogP contribution < -0.4 is 0 Å². The molecule has 0 atom stereocenters. The third-order valence-electron chi connectivity index (χ3n) is 7.36. The molecule has 166 valence electrons. The summed E-state index contributed by atoms with van der Waals surface area (Å²) in [6.07, 6.45) is 20.4. The van der Waals surface area contributed by atoms with Gasteiger partial charge in [-0.3, -0.25) is 0 Å². The Labute approximate surface area is 186 Å². The summed E-state index contributed by atoms with van der Waals surface area (Å²) < 4.78 is 27.3. The monoisotopic (exact) mass is 423 g/mol. The van der Waals surface area contributed by atoms with E-state index < -0.39 is 17.2 Å².